The highest BCUT2D eigenvalue weighted by Gasteiger charge is 1.93. The minimum Gasteiger partial charge on any atom is -0.396 e. The molecule has 0 aromatic carbocycles. The zero-order valence-electron chi connectivity index (χ0n) is 23.9. The fourth-order valence-electron chi connectivity index (χ4n) is 3.61. The first kappa shape index (κ1) is 39.8. The molecule has 0 rings (SSSR count). The predicted molar refractivity (Wildman–Crippen MR) is 159 cm³/mol. The molecule has 0 spiro atoms. The first-order chi connectivity index (χ1) is 17.2. The summed E-state index contributed by atoms with van der Waals surface area (Å²) in [6.07, 6.45) is 29.3. The maximum absolute atomic E-state index is 8.56. The monoisotopic (exact) mass is 568 g/mol. The van der Waals surface area contributed by atoms with Gasteiger partial charge >= 0.3 is 0 Å². The maximum atomic E-state index is 8.56. The van der Waals surface area contributed by atoms with Gasteiger partial charge in [-0.2, -0.15) is 0 Å². The van der Waals surface area contributed by atoms with Gasteiger partial charge in [-0.3, -0.25) is 0 Å². The number of aliphatic hydroxyl groups is 3. The van der Waals surface area contributed by atoms with Crippen molar-refractivity contribution < 1.29 is 20.1 Å². The Balaban J connectivity index is -0.000000502. The van der Waals surface area contributed by atoms with Crippen LogP contribution < -0.4 is 0 Å². The van der Waals surface area contributed by atoms with E-state index in [2.05, 4.69) is 29.8 Å². The Kier molecular flexibility index (Phi) is 50.4. The van der Waals surface area contributed by atoms with E-state index in [9.17, 15) is 0 Å². The van der Waals surface area contributed by atoms with Gasteiger partial charge in [0.15, 0.2) is 0 Å². The van der Waals surface area contributed by atoms with Crippen LogP contribution in [0.3, 0.4) is 0 Å². The molecule has 0 aromatic rings. The van der Waals surface area contributed by atoms with Crippen LogP contribution in [0.5, 0.6) is 0 Å². The Morgan fingerprint density at radius 1 is 0.400 bits per heavy atom. The summed E-state index contributed by atoms with van der Waals surface area (Å²) < 4.78 is 5.39. The fourth-order valence-corrected chi connectivity index (χ4v) is 4.01. The average Bonchev–Trinajstić information content (AvgIpc) is 2.87. The van der Waals surface area contributed by atoms with E-state index in [0.29, 0.717) is 13.0 Å². The summed E-state index contributed by atoms with van der Waals surface area (Å²) in [6, 6.07) is 0. The van der Waals surface area contributed by atoms with Crippen LogP contribution in [0.1, 0.15) is 155 Å². The summed E-state index contributed by atoms with van der Waals surface area (Å²) >= 11 is 3.46. The molecule has 0 heterocycles. The topological polar surface area (TPSA) is 69.9 Å². The van der Waals surface area contributed by atoms with Gasteiger partial charge in [0.1, 0.15) is 0 Å². The number of aliphatic hydroxyl groups excluding tert-OH is 3. The van der Waals surface area contributed by atoms with Crippen LogP contribution in [0.4, 0.5) is 0 Å². The third-order valence-corrected chi connectivity index (χ3v) is 6.45. The largest absolute Gasteiger partial charge is 0.396 e. The number of hydrogen-bond acceptors (Lipinski definition) is 4. The lowest BCUT2D eigenvalue weighted by Gasteiger charge is -2.03. The number of alkyl halides is 1. The Labute approximate surface area is 229 Å². The van der Waals surface area contributed by atoms with Gasteiger partial charge in [0, 0.05) is 38.4 Å². The van der Waals surface area contributed by atoms with Crippen LogP contribution in [-0.4, -0.2) is 53.7 Å². The average molecular weight is 570 g/mol. The number of unbranched alkanes of at least 4 members (excludes halogenated alkanes) is 18. The Morgan fingerprint density at radius 2 is 0.714 bits per heavy atom. The molecule has 0 aromatic heterocycles. The van der Waals surface area contributed by atoms with Gasteiger partial charge in [-0.15, -0.1) is 0 Å². The van der Waals surface area contributed by atoms with Gasteiger partial charge in [-0.1, -0.05) is 145 Å². The molecule has 5 heteroatoms. The van der Waals surface area contributed by atoms with Crippen molar-refractivity contribution in [2.45, 2.75) is 155 Å². The summed E-state index contributed by atoms with van der Waals surface area (Å²) in [4.78, 5) is 0. The standard InChI is InChI=1S/C15H32O2.C12H25Br.C3H8O2/c1-2-3-4-5-6-7-8-9-10-11-14-17-15-12-13-16;1-2-3-4-5-6-7-8-9-10-11-12-13;4-2-1-3-5/h16H,2-15H2,1H3;2-12H2,1H3;4-5H,1-3H2. The quantitative estimate of drug-likeness (QED) is 0.0718. The Morgan fingerprint density at radius 3 is 1.03 bits per heavy atom. The van der Waals surface area contributed by atoms with Crippen LogP contribution in [0, 0.1) is 0 Å². The lowest BCUT2D eigenvalue weighted by molar-refractivity contribution is 0.112. The van der Waals surface area contributed by atoms with E-state index >= 15 is 0 Å². The number of halogens is 1. The predicted octanol–water partition coefficient (Wildman–Crippen LogP) is 8.97. The SMILES string of the molecule is CCCCCCCCCCCCBr.CCCCCCCCCCCCOCCCO.OCCCO. The third-order valence-electron chi connectivity index (χ3n) is 5.89. The van der Waals surface area contributed by atoms with Gasteiger partial charge in [0.05, 0.1) is 0 Å². The number of rotatable bonds is 26. The molecule has 4 nitrogen and oxygen atoms in total. The molecule has 3 N–H and O–H groups in total. The third kappa shape index (κ3) is 51.8. The number of ether oxygens (including phenoxy) is 1. The van der Waals surface area contributed by atoms with Gasteiger partial charge in [-0.25, -0.2) is 0 Å². The van der Waals surface area contributed by atoms with Crippen molar-refractivity contribution in [2.24, 2.45) is 0 Å². The normalized spacial score (nSPS) is 10.5. The molecule has 0 atom stereocenters. The molecule has 0 amide bonds. The molecule has 0 aliphatic carbocycles. The summed E-state index contributed by atoms with van der Waals surface area (Å²) in [5.41, 5.74) is 0. The molecular weight excluding hydrogens is 504 g/mol. The molecule has 0 saturated heterocycles. The van der Waals surface area contributed by atoms with E-state index in [-0.39, 0.29) is 19.8 Å². The molecule has 0 aliphatic rings. The number of hydrogen-bond donors (Lipinski definition) is 3. The van der Waals surface area contributed by atoms with Crippen molar-refractivity contribution >= 4 is 15.9 Å². The highest BCUT2D eigenvalue weighted by Crippen LogP contribution is 2.11. The van der Waals surface area contributed by atoms with Gasteiger partial charge < -0.3 is 20.1 Å². The van der Waals surface area contributed by atoms with Crippen molar-refractivity contribution in [1.29, 1.82) is 0 Å². The lowest BCUT2D eigenvalue weighted by Crippen LogP contribution is -1.98. The van der Waals surface area contributed by atoms with Crippen LogP contribution in [-0.2, 0) is 4.74 Å². The summed E-state index contributed by atoms with van der Waals surface area (Å²) in [6.45, 7) is 6.57. The van der Waals surface area contributed by atoms with Crippen molar-refractivity contribution in [2.75, 3.05) is 38.4 Å². The molecule has 0 saturated carbocycles. The second-order valence-corrected chi connectivity index (χ2v) is 10.3. The smallest absolute Gasteiger partial charge is 0.0487 e. The lowest BCUT2D eigenvalue weighted by atomic mass is 10.1. The van der Waals surface area contributed by atoms with E-state index < -0.39 is 0 Å². The van der Waals surface area contributed by atoms with Gasteiger partial charge in [0.25, 0.3) is 0 Å². The van der Waals surface area contributed by atoms with Gasteiger partial charge in [-0.05, 0) is 25.7 Å². The molecule has 0 fully saturated rings. The van der Waals surface area contributed by atoms with E-state index in [0.717, 1.165) is 13.0 Å². The van der Waals surface area contributed by atoms with Crippen molar-refractivity contribution in [3.63, 3.8) is 0 Å². The van der Waals surface area contributed by atoms with Crippen LogP contribution in [0.15, 0.2) is 0 Å². The van der Waals surface area contributed by atoms with E-state index in [1.807, 2.05) is 0 Å². The summed E-state index contributed by atoms with van der Waals surface area (Å²) in [5.74, 6) is 0. The van der Waals surface area contributed by atoms with Crippen molar-refractivity contribution in [3.05, 3.63) is 0 Å². The van der Waals surface area contributed by atoms with Crippen LogP contribution in [0.2, 0.25) is 0 Å². The second kappa shape index (κ2) is 44.3. The molecular formula is C30H65BrO4. The van der Waals surface area contributed by atoms with Crippen LogP contribution >= 0.6 is 15.9 Å². The van der Waals surface area contributed by atoms with Crippen molar-refractivity contribution in [3.8, 4) is 0 Å². The van der Waals surface area contributed by atoms with Crippen LogP contribution in [0.25, 0.3) is 0 Å². The summed E-state index contributed by atoms with van der Waals surface area (Å²) in [5, 5.41) is 25.6. The first-order valence-electron chi connectivity index (χ1n) is 15.2. The maximum Gasteiger partial charge on any atom is 0.0487 e. The molecule has 216 valence electrons. The zero-order valence-corrected chi connectivity index (χ0v) is 25.5. The molecule has 0 unspecified atom stereocenters. The second-order valence-electron chi connectivity index (χ2n) is 9.54. The van der Waals surface area contributed by atoms with Gasteiger partial charge in [0.2, 0.25) is 0 Å². The summed E-state index contributed by atoms with van der Waals surface area (Å²) in [7, 11) is 0. The minimum atomic E-state index is 0.0938. The molecule has 0 radical (unpaired) electrons. The molecule has 35 heavy (non-hydrogen) atoms. The first-order valence-corrected chi connectivity index (χ1v) is 16.3. The Bertz CT molecular complexity index is 280. The van der Waals surface area contributed by atoms with E-state index in [1.165, 1.54) is 134 Å². The molecule has 0 aliphatic heterocycles. The van der Waals surface area contributed by atoms with E-state index in [4.69, 9.17) is 20.1 Å². The minimum absolute atomic E-state index is 0.0938. The highest BCUT2D eigenvalue weighted by atomic mass is 79.9. The zero-order chi connectivity index (χ0) is 26.5. The fraction of sp³-hybridized carbons (Fsp3) is 1.00. The highest BCUT2D eigenvalue weighted by molar-refractivity contribution is 9.09. The van der Waals surface area contributed by atoms with Crippen molar-refractivity contribution in [1.82, 2.24) is 0 Å². The Hall–Kier alpha value is 0.320. The van der Waals surface area contributed by atoms with E-state index in [1.54, 1.807) is 0 Å². The molecule has 0 bridgehead atoms.